The first kappa shape index (κ1) is 12.6. The van der Waals surface area contributed by atoms with Crippen molar-refractivity contribution < 1.29 is 0 Å². The lowest BCUT2D eigenvalue weighted by atomic mass is 10.1. The summed E-state index contributed by atoms with van der Waals surface area (Å²) in [5, 5.41) is 2.10. The van der Waals surface area contributed by atoms with Gasteiger partial charge in [-0.05, 0) is 18.2 Å². The Hall–Kier alpha value is -1.46. The van der Waals surface area contributed by atoms with Crippen LogP contribution in [0.3, 0.4) is 0 Å². The Bertz CT molecular complexity index is 679. The van der Waals surface area contributed by atoms with E-state index >= 15 is 0 Å². The minimum Gasteiger partial charge on any atom is -0.237 e. The Balaban J connectivity index is 1.82. The van der Waals surface area contributed by atoms with Gasteiger partial charge in [0.2, 0.25) is 0 Å². The van der Waals surface area contributed by atoms with E-state index < -0.39 is 0 Å². The first-order chi connectivity index (χ1) is 9.36. The first-order valence-electron chi connectivity index (χ1n) is 6.05. The number of hydrogen-bond acceptors (Lipinski definition) is 5. The highest BCUT2D eigenvalue weighted by Crippen LogP contribution is 2.27. The van der Waals surface area contributed by atoms with Gasteiger partial charge >= 0.3 is 0 Å². The molecule has 0 saturated carbocycles. The maximum atomic E-state index is 4.67. The zero-order valence-electron chi connectivity index (χ0n) is 10.5. The summed E-state index contributed by atoms with van der Waals surface area (Å²) in [6.45, 7) is 0. The highest BCUT2D eigenvalue weighted by atomic mass is 32.2. The summed E-state index contributed by atoms with van der Waals surface area (Å²) in [6.07, 6.45) is 5.61. The second kappa shape index (κ2) is 5.67. The van der Waals surface area contributed by atoms with E-state index in [9.17, 15) is 0 Å². The molecule has 3 rings (SSSR count). The average Bonchev–Trinajstić information content (AvgIpc) is 2.89. The molecule has 0 spiro atoms. The molecule has 0 saturated heterocycles. The van der Waals surface area contributed by atoms with Crippen LogP contribution in [0.1, 0.15) is 10.6 Å². The molecule has 0 amide bonds. The van der Waals surface area contributed by atoms with E-state index in [1.165, 1.54) is 5.56 Å². The number of nitrogens with zero attached hydrogens (tertiary/aromatic N) is 3. The van der Waals surface area contributed by atoms with Crippen LogP contribution >= 0.6 is 23.1 Å². The van der Waals surface area contributed by atoms with E-state index in [0.717, 1.165) is 33.2 Å². The van der Waals surface area contributed by atoms with Crippen LogP contribution in [0, 0.1) is 0 Å². The molecule has 2 aromatic heterocycles. The van der Waals surface area contributed by atoms with Crippen LogP contribution in [0.15, 0.2) is 41.7 Å². The van der Waals surface area contributed by atoms with Crippen LogP contribution in [-0.2, 0) is 12.8 Å². The van der Waals surface area contributed by atoms with Crippen molar-refractivity contribution in [2.24, 2.45) is 0 Å². The summed E-state index contributed by atoms with van der Waals surface area (Å²) in [7, 11) is 0. The SMILES string of the molecule is CSc1ncnc2sc(CCc3ccccc3)nc12. The number of benzene rings is 1. The molecule has 19 heavy (non-hydrogen) atoms. The summed E-state index contributed by atoms with van der Waals surface area (Å²) < 4.78 is 0. The summed E-state index contributed by atoms with van der Waals surface area (Å²) in [4.78, 5) is 14.2. The van der Waals surface area contributed by atoms with Gasteiger partial charge in [-0.3, -0.25) is 0 Å². The van der Waals surface area contributed by atoms with E-state index in [-0.39, 0.29) is 0 Å². The Labute approximate surface area is 120 Å². The van der Waals surface area contributed by atoms with E-state index in [2.05, 4.69) is 39.2 Å². The fourth-order valence-corrected chi connectivity index (χ4v) is 3.39. The van der Waals surface area contributed by atoms with E-state index in [1.54, 1.807) is 29.4 Å². The number of thioether (sulfide) groups is 1. The lowest BCUT2D eigenvalue weighted by molar-refractivity contribution is 0.945. The van der Waals surface area contributed by atoms with E-state index in [1.807, 2.05) is 12.3 Å². The normalized spacial score (nSPS) is 11.0. The van der Waals surface area contributed by atoms with Gasteiger partial charge < -0.3 is 0 Å². The van der Waals surface area contributed by atoms with Gasteiger partial charge in [0.05, 0.1) is 5.01 Å². The van der Waals surface area contributed by atoms with Crippen LogP contribution in [0.2, 0.25) is 0 Å². The van der Waals surface area contributed by atoms with Crippen LogP contribution in [0.4, 0.5) is 0 Å². The van der Waals surface area contributed by atoms with Gasteiger partial charge in [0.25, 0.3) is 0 Å². The third kappa shape index (κ3) is 2.77. The summed E-state index contributed by atoms with van der Waals surface area (Å²) in [5.74, 6) is 0. The lowest BCUT2D eigenvalue weighted by Gasteiger charge is -1.97. The topological polar surface area (TPSA) is 38.7 Å². The molecule has 5 heteroatoms. The van der Waals surface area contributed by atoms with E-state index in [0.29, 0.717) is 0 Å². The first-order valence-corrected chi connectivity index (χ1v) is 8.09. The summed E-state index contributed by atoms with van der Waals surface area (Å²) >= 11 is 3.29. The van der Waals surface area contributed by atoms with Crippen LogP contribution in [-0.4, -0.2) is 21.2 Å². The molecule has 0 radical (unpaired) electrons. The fraction of sp³-hybridized carbons (Fsp3) is 0.214. The van der Waals surface area contributed by atoms with Gasteiger partial charge in [0, 0.05) is 6.42 Å². The van der Waals surface area contributed by atoms with Crippen molar-refractivity contribution in [3.63, 3.8) is 0 Å². The zero-order chi connectivity index (χ0) is 13.1. The maximum absolute atomic E-state index is 4.67. The smallest absolute Gasteiger partial charge is 0.148 e. The van der Waals surface area contributed by atoms with Crippen LogP contribution in [0.5, 0.6) is 0 Å². The predicted molar refractivity (Wildman–Crippen MR) is 80.8 cm³/mol. The predicted octanol–water partition coefficient (Wildman–Crippen LogP) is 3.59. The van der Waals surface area contributed by atoms with Gasteiger partial charge in [0.1, 0.15) is 21.7 Å². The molecule has 1 aromatic carbocycles. The number of hydrogen-bond donors (Lipinski definition) is 0. The molecule has 3 aromatic rings. The molecular weight excluding hydrogens is 274 g/mol. The lowest BCUT2D eigenvalue weighted by Crippen LogP contribution is -1.90. The second-order valence-electron chi connectivity index (χ2n) is 4.13. The number of rotatable bonds is 4. The third-order valence-corrected chi connectivity index (χ3v) is 4.58. The highest BCUT2D eigenvalue weighted by molar-refractivity contribution is 7.98. The molecule has 0 aliphatic carbocycles. The molecule has 0 aliphatic rings. The molecule has 0 unspecified atom stereocenters. The Kier molecular flexibility index (Phi) is 3.75. The standard InChI is InChI=1S/C14H13N3S2/c1-18-13-12-14(16-9-15-13)19-11(17-12)8-7-10-5-3-2-4-6-10/h2-6,9H,7-8H2,1H3. The number of aromatic nitrogens is 3. The zero-order valence-corrected chi connectivity index (χ0v) is 12.2. The van der Waals surface area contributed by atoms with Gasteiger partial charge in [-0.2, -0.15) is 0 Å². The number of aryl methyl sites for hydroxylation is 2. The minimum atomic E-state index is 0.947. The van der Waals surface area contributed by atoms with Crippen molar-refractivity contribution in [3.8, 4) is 0 Å². The van der Waals surface area contributed by atoms with Crippen molar-refractivity contribution in [3.05, 3.63) is 47.2 Å². The van der Waals surface area contributed by atoms with Crippen molar-refractivity contribution in [2.75, 3.05) is 6.26 Å². The maximum Gasteiger partial charge on any atom is 0.148 e. The highest BCUT2D eigenvalue weighted by Gasteiger charge is 2.09. The third-order valence-electron chi connectivity index (χ3n) is 2.87. The molecule has 3 nitrogen and oxygen atoms in total. The van der Waals surface area contributed by atoms with Crippen molar-refractivity contribution >= 4 is 33.4 Å². The molecule has 0 aliphatic heterocycles. The molecule has 96 valence electrons. The Morgan fingerprint density at radius 2 is 1.95 bits per heavy atom. The van der Waals surface area contributed by atoms with Crippen molar-refractivity contribution in [2.45, 2.75) is 17.9 Å². The molecule has 2 heterocycles. The van der Waals surface area contributed by atoms with Gasteiger partial charge in [0.15, 0.2) is 0 Å². The van der Waals surface area contributed by atoms with Crippen LogP contribution < -0.4 is 0 Å². The fourth-order valence-electron chi connectivity index (χ4n) is 1.93. The minimum absolute atomic E-state index is 0.947. The van der Waals surface area contributed by atoms with Crippen LogP contribution in [0.25, 0.3) is 10.3 Å². The van der Waals surface area contributed by atoms with Gasteiger partial charge in [-0.1, -0.05) is 41.7 Å². The quantitative estimate of drug-likeness (QED) is 0.543. The number of fused-ring (bicyclic) bond motifs is 1. The second-order valence-corrected chi connectivity index (χ2v) is 5.99. The summed E-state index contributed by atoms with van der Waals surface area (Å²) in [5.41, 5.74) is 2.29. The van der Waals surface area contributed by atoms with Gasteiger partial charge in [-0.15, -0.1) is 11.8 Å². The Morgan fingerprint density at radius 1 is 1.11 bits per heavy atom. The largest absolute Gasteiger partial charge is 0.237 e. The average molecular weight is 287 g/mol. The molecule has 0 fully saturated rings. The number of thiazole rings is 1. The summed E-state index contributed by atoms with van der Waals surface area (Å²) in [6, 6.07) is 10.5. The monoisotopic (exact) mass is 287 g/mol. The van der Waals surface area contributed by atoms with Gasteiger partial charge in [-0.25, -0.2) is 15.0 Å². The molecule has 0 N–H and O–H groups in total. The van der Waals surface area contributed by atoms with Crippen molar-refractivity contribution in [1.82, 2.24) is 15.0 Å². The molecular formula is C14H13N3S2. The van der Waals surface area contributed by atoms with E-state index in [4.69, 9.17) is 0 Å². The Morgan fingerprint density at radius 3 is 2.74 bits per heavy atom. The molecule has 0 atom stereocenters. The molecule has 0 bridgehead atoms. The van der Waals surface area contributed by atoms with Crippen molar-refractivity contribution in [1.29, 1.82) is 0 Å².